The van der Waals surface area contributed by atoms with Gasteiger partial charge in [0.1, 0.15) is 5.78 Å². The van der Waals surface area contributed by atoms with E-state index in [-0.39, 0.29) is 6.04 Å². The van der Waals surface area contributed by atoms with E-state index in [4.69, 9.17) is 0 Å². The van der Waals surface area contributed by atoms with Crippen molar-refractivity contribution in [3.8, 4) is 0 Å². The molecule has 1 N–H and O–H groups in total. The van der Waals surface area contributed by atoms with E-state index >= 15 is 0 Å². The van der Waals surface area contributed by atoms with Crippen LogP contribution in [0.25, 0.3) is 0 Å². The van der Waals surface area contributed by atoms with Crippen molar-refractivity contribution in [1.82, 2.24) is 10.2 Å². The van der Waals surface area contributed by atoms with Crippen molar-refractivity contribution in [3.05, 3.63) is 0 Å². The zero-order valence-electron chi connectivity index (χ0n) is 12.7. The standard InChI is InChI=1S/C16H30N2O/c1-13(2)5-3-7-16(19)15-6-4-12-18(15)14-8-10-17-11-9-14/h13-15,17H,3-12H2,1-2H3. The van der Waals surface area contributed by atoms with Gasteiger partial charge in [0.25, 0.3) is 0 Å². The summed E-state index contributed by atoms with van der Waals surface area (Å²) in [6.07, 6.45) is 7.81. The Kier molecular flexibility index (Phi) is 5.83. The Hall–Kier alpha value is -0.410. The molecule has 3 heteroatoms. The zero-order valence-corrected chi connectivity index (χ0v) is 12.7. The second-order valence-corrected chi connectivity index (χ2v) is 6.63. The summed E-state index contributed by atoms with van der Waals surface area (Å²) in [6, 6.07) is 0.901. The molecule has 0 aliphatic carbocycles. The second-order valence-electron chi connectivity index (χ2n) is 6.63. The van der Waals surface area contributed by atoms with Gasteiger partial charge in [0, 0.05) is 12.5 Å². The third-order valence-corrected chi connectivity index (χ3v) is 4.65. The number of nitrogens with one attached hydrogen (secondary N) is 1. The van der Waals surface area contributed by atoms with Crippen molar-refractivity contribution in [1.29, 1.82) is 0 Å². The molecule has 2 heterocycles. The van der Waals surface area contributed by atoms with E-state index in [2.05, 4.69) is 24.1 Å². The van der Waals surface area contributed by atoms with Crippen LogP contribution in [0.4, 0.5) is 0 Å². The molecule has 0 saturated carbocycles. The molecule has 1 atom stereocenters. The fraction of sp³-hybridized carbons (Fsp3) is 0.938. The highest BCUT2D eigenvalue weighted by molar-refractivity contribution is 5.84. The van der Waals surface area contributed by atoms with Gasteiger partial charge in [0.15, 0.2) is 0 Å². The van der Waals surface area contributed by atoms with Gasteiger partial charge in [0.2, 0.25) is 0 Å². The normalized spacial score (nSPS) is 26.2. The smallest absolute Gasteiger partial charge is 0.149 e. The van der Waals surface area contributed by atoms with Gasteiger partial charge in [-0.15, -0.1) is 0 Å². The number of Topliss-reactive ketones (excluding diaryl/α,β-unsaturated/α-hetero) is 1. The van der Waals surface area contributed by atoms with Crippen LogP contribution in [-0.2, 0) is 4.79 Å². The quantitative estimate of drug-likeness (QED) is 0.802. The molecule has 2 rings (SSSR count). The lowest BCUT2D eigenvalue weighted by Gasteiger charge is -2.35. The molecule has 2 aliphatic heterocycles. The van der Waals surface area contributed by atoms with Gasteiger partial charge in [0.05, 0.1) is 6.04 Å². The number of carbonyl (C=O) groups is 1. The summed E-state index contributed by atoms with van der Waals surface area (Å²) >= 11 is 0. The third kappa shape index (κ3) is 4.28. The molecule has 0 aromatic rings. The van der Waals surface area contributed by atoms with Crippen LogP contribution in [0.5, 0.6) is 0 Å². The molecule has 3 nitrogen and oxygen atoms in total. The van der Waals surface area contributed by atoms with E-state index in [1.165, 1.54) is 25.7 Å². The van der Waals surface area contributed by atoms with Crippen molar-refractivity contribution in [2.45, 2.75) is 70.9 Å². The highest BCUT2D eigenvalue weighted by atomic mass is 16.1. The van der Waals surface area contributed by atoms with E-state index in [1.54, 1.807) is 0 Å². The maximum atomic E-state index is 12.4. The SMILES string of the molecule is CC(C)CCCC(=O)C1CCCN1C1CCNCC1. The highest BCUT2D eigenvalue weighted by Crippen LogP contribution is 2.26. The van der Waals surface area contributed by atoms with Crippen molar-refractivity contribution in [3.63, 3.8) is 0 Å². The molecular weight excluding hydrogens is 236 g/mol. The summed E-state index contributed by atoms with van der Waals surface area (Å²) in [5.41, 5.74) is 0. The van der Waals surface area contributed by atoms with E-state index in [0.717, 1.165) is 44.8 Å². The lowest BCUT2D eigenvalue weighted by molar-refractivity contribution is -0.124. The van der Waals surface area contributed by atoms with Crippen LogP contribution in [0.2, 0.25) is 0 Å². The minimum Gasteiger partial charge on any atom is -0.317 e. The van der Waals surface area contributed by atoms with E-state index in [0.29, 0.717) is 11.8 Å². The third-order valence-electron chi connectivity index (χ3n) is 4.65. The van der Waals surface area contributed by atoms with Crippen molar-refractivity contribution < 1.29 is 4.79 Å². The van der Waals surface area contributed by atoms with Crippen LogP contribution in [0.3, 0.4) is 0 Å². The van der Waals surface area contributed by atoms with Crippen LogP contribution in [-0.4, -0.2) is 42.4 Å². The van der Waals surface area contributed by atoms with Crippen molar-refractivity contribution in [2.24, 2.45) is 5.92 Å². The molecule has 110 valence electrons. The maximum Gasteiger partial charge on any atom is 0.149 e. The predicted octanol–water partition coefficient (Wildman–Crippen LogP) is 2.60. The van der Waals surface area contributed by atoms with Crippen molar-refractivity contribution >= 4 is 5.78 Å². The molecule has 2 saturated heterocycles. The van der Waals surface area contributed by atoms with Crippen LogP contribution >= 0.6 is 0 Å². The molecule has 0 aromatic carbocycles. The minimum absolute atomic E-state index is 0.246. The van der Waals surface area contributed by atoms with Gasteiger partial charge >= 0.3 is 0 Å². The van der Waals surface area contributed by atoms with Gasteiger partial charge in [-0.25, -0.2) is 0 Å². The summed E-state index contributed by atoms with van der Waals surface area (Å²) in [5.74, 6) is 1.23. The number of hydrogen-bond donors (Lipinski definition) is 1. The average molecular weight is 266 g/mol. The molecule has 0 spiro atoms. The van der Waals surface area contributed by atoms with Gasteiger partial charge in [-0.2, -0.15) is 0 Å². The maximum absolute atomic E-state index is 12.4. The Morgan fingerprint density at radius 1 is 1.26 bits per heavy atom. The highest BCUT2D eigenvalue weighted by Gasteiger charge is 2.34. The Morgan fingerprint density at radius 2 is 2.00 bits per heavy atom. The van der Waals surface area contributed by atoms with Crippen LogP contribution in [0, 0.1) is 5.92 Å². The first-order valence-electron chi connectivity index (χ1n) is 8.17. The van der Waals surface area contributed by atoms with E-state index in [9.17, 15) is 4.79 Å². The number of nitrogens with zero attached hydrogens (tertiary/aromatic N) is 1. The lowest BCUT2D eigenvalue weighted by Crippen LogP contribution is -2.47. The number of piperidine rings is 1. The first-order chi connectivity index (χ1) is 9.18. The Balaban J connectivity index is 1.81. The minimum atomic E-state index is 0.246. The fourth-order valence-electron chi connectivity index (χ4n) is 3.56. The number of carbonyl (C=O) groups excluding carboxylic acids is 1. The lowest BCUT2D eigenvalue weighted by atomic mass is 9.98. The Labute approximate surface area is 118 Å². The number of likely N-dealkylation sites (tertiary alicyclic amines) is 1. The predicted molar refractivity (Wildman–Crippen MR) is 79.3 cm³/mol. The fourth-order valence-corrected chi connectivity index (χ4v) is 3.56. The molecule has 0 aromatic heterocycles. The van der Waals surface area contributed by atoms with Gasteiger partial charge in [-0.05, 0) is 57.7 Å². The molecule has 2 fully saturated rings. The molecule has 1 unspecified atom stereocenters. The summed E-state index contributed by atoms with van der Waals surface area (Å²) in [7, 11) is 0. The van der Waals surface area contributed by atoms with Crippen LogP contribution < -0.4 is 5.32 Å². The monoisotopic (exact) mass is 266 g/mol. The summed E-state index contributed by atoms with van der Waals surface area (Å²) in [6.45, 7) is 7.86. The Morgan fingerprint density at radius 3 is 2.68 bits per heavy atom. The molecule has 19 heavy (non-hydrogen) atoms. The summed E-state index contributed by atoms with van der Waals surface area (Å²) in [5, 5.41) is 3.42. The van der Waals surface area contributed by atoms with Crippen LogP contribution in [0.15, 0.2) is 0 Å². The van der Waals surface area contributed by atoms with Gasteiger partial charge in [-0.3, -0.25) is 9.69 Å². The first kappa shape index (κ1) is 15.0. The molecule has 0 radical (unpaired) electrons. The van der Waals surface area contributed by atoms with Gasteiger partial charge < -0.3 is 5.32 Å². The molecule has 2 aliphatic rings. The van der Waals surface area contributed by atoms with Gasteiger partial charge in [-0.1, -0.05) is 20.3 Å². The van der Waals surface area contributed by atoms with Crippen molar-refractivity contribution in [2.75, 3.05) is 19.6 Å². The molecular formula is C16H30N2O. The summed E-state index contributed by atoms with van der Waals surface area (Å²) < 4.78 is 0. The molecule has 0 bridgehead atoms. The topological polar surface area (TPSA) is 32.3 Å². The second kappa shape index (κ2) is 7.39. The van der Waals surface area contributed by atoms with Crippen LogP contribution in [0.1, 0.15) is 58.8 Å². The zero-order chi connectivity index (χ0) is 13.7. The number of ketones is 1. The summed E-state index contributed by atoms with van der Waals surface area (Å²) in [4.78, 5) is 14.9. The largest absolute Gasteiger partial charge is 0.317 e. The Bertz CT molecular complexity index is 284. The molecule has 0 amide bonds. The number of rotatable bonds is 6. The first-order valence-corrected chi connectivity index (χ1v) is 8.17. The van der Waals surface area contributed by atoms with E-state index < -0.39 is 0 Å². The van der Waals surface area contributed by atoms with E-state index in [1.807, 2.05) is 0 Å². The average Bonchev–Trinajstić information content (AvgIpc) is 2.88. The number of hydrogen-bond acceptors (Lipinski definition) is 3.